The van der Waals surface area contributed by atoms with Crippen LogP contribution in [0.25, 0.3) is 11.1 Å². The van der Waals surface area contributed by atoms with Crippen LogP contribution in [0.3, 0.4) is 0 Å². The topological polar surface area (TPSA) is 37.3 Å². The Morgan fingerprint density at radius 3 is 2.25 bits per heavy atom. The first-order valence-electron chi connectivity index (χ1n) is 5.50. The number of aryl methyl sites for hydroxylation is 1. The van der Waals surface area contributed by atoms with Gasteiger partial charge in [0.1, 0.15) is 0 Å². The van der Waals surface area contributed by atoms with Gasteiger partial charge < -0.3 is 5.11 Å². The van der Waals surface area contributed by atoms with Crippen LogP contribution in [0.5, 0.6) is 0 Å². The molecule has 0 fully saturated rings. The van der Waals surface area contributed by atoms with E-state index in [1.165, 1.54) is 12.1 Å². The van der Waals surface area contributed by atoms with Crippen molar-refractivity contribution in [3.05, 3.63) is 55.5 Å². The number of carbonyl (C=O) groups is 1. The Labute approximate surface area is 135 Å². The number of carboxylic acids is 1. The van der Waals surface area contributed by atoms with Crippen molar-refractivity contribution >= 4 is 52.4 Å². The highest BCUT2D eigenvalue weighted by molar-refractivity contribution is 6.51. The van der Waals surface area contributed by atoms with Crippen LogP contribution in [0.4, 0.5) is 0 Å². The third-order valence-corrected chi connectivity index (χ3v) is 4.43. The van der Waals surface area contributed by atoms with Gasteiger partial charge in [-0.25, -0.2) is 4.79 Å². The number of rotatable bonds is 2. The van der Waals surface area contributed by atoms with Crippen LogP contribution < -0.4 is 0 Å². The van der Waals surface area contributed by atoms with Crippen molar-refractivity contribution in [1.29, 1.82) is 0 Å². The molecule has 0 spiro atoms. The van der Waals surface area contributed by atoms with Gasteiger partial charge in [0.05, 0.1) is 25.7 Å². The first kappa shape index (κ1) is 15.5. The predicted molar refractivity (Wildman–Crippen MR) is 83.6 cm³/mol. The zero-order chi connectivity index (χ0) is 15.0. The molecule has 2 nitrogen and oxygen atoms in total. The molecule has 0 saturated carbocycles. The van der Waals surface area contributed by atoms with Crippen molar-refractivity contribution in [2.45, 2.75) is 6.92 Å². The molecule has 0 heterocycles. The lowest BCUT2D eigenvalue weighted by atomic mass is 9.99. The Kier molecular flexibility index (Phi) is 4.50. The number of hydrogen-bond donors (Lipinski definition) is 1. The van der Waals surface area contributed by atoms with E-state index in [1.807, 2.05) is 0 Å². The Balaban J connectivity index is 2.72. The summed E-state index contributed by atoms with van der Waals surface area (Å²) in [6.07, 6.45) is 0. The molecule has 0 radical (unpaired) electrons. The van der Waals surface area contributed by atoms with E-state index >= 15 is 0 Å². The van der Waals surface area contributed by atoms with Gasteiger partial charge >= 0.3 is 5.97 Å². The highest BCUT2D eigenvalue weighted by atomic mass is 35.5. The maximum absolute atomic E-state index is 11.2. The molecule has 20 heavy (non-hydrogen) atoms. The van der Waals surface area contributed by atoms with E-state index in [-0.39, 0.29) is 20.6 Å². The van der Waals surface area contributed by atoms with Crippen LogP contribution >= 0.6 is 46.4 Å². The summed E-state index contributed by atoms with van der Waals surface area (Å²) >= 11 is 24.2. The molecule has 0 atom stereocenters. The number of carboxylic acid groups (broad SMARTS) is 1. The lowest BCUT2D eigenvalue weighted by Gasteiger charge is -2.12. The summed E-state index contributed by atoms with van der Waals surface area (Å²) in [5.41, 5.74) is 1.86. The fraction of sp³-hybridized carbons (Fsp3) is 0.0714. The van der Waals surface area contributed by atoms with Crippen LogP contribution in [0, 0.1) is 6.92 Å². The standard InChI is InChI=1S/C14H8Cl4O2/c1-6-2-3-7(4-8(6)14(19)20)11-9(15)5-10(16)12(17)13(11)18/h2-5H,1H3,(H,19,20). The molecule has 1 N–H and O–H groups in total. The molecule has 104 valence electrons. The average molecular weight is 350 g/mol. The zero-order valence-corrected chi connectivity index (χ0v) is 13.2. The first-order valence-corrected chi connectivity index (χ1v) is 7.01. The second-order valence-electron chi connectivity index (χ2n) is 4.18. The largest absolute Gasteiger partial charge is 0.478 e. The summed E-state index contributed by atoms with van der Waals surface area (Å²) in [4.78, 5) is 11.2. The molecule has 0 aliphatic carbocycles. The Morgan fingerprint density at radius 1 is 1.00 bits per heavy atom. The fourth-order valence-electron chi connectivity index (χ4n) is 1.84. The molecule has 0 aliphatic heterocycles. The van der Waals surface area contributed by atoms with E-state index in [9.17, 15) is 4.79 Å². The van der Waals surface area contributed by atoms with Crippen LogP contribution in [-0.4, -0.2) is 11.1 Å². The van der Waals surface area contributed by atoms with Crippen molar-refractivity contribution < 1.29 is 9.90 Å². The van der Waals surface area contributed by atoms with Gasteiger partial charge in [-0.2, -0.15) is 0 Å². The smallest absolute Gasteiger partial charge is 0.335 e. The predicted octanol–water partition coefficient (Wildman–Crippen LogP) is 5.97. The molecule has 0 aliphatic rings. The van der Waals surface area contributed by atoms with Gasteiger partial charge in [-0.1, -0.05) is 58.5 Å². The third-order valence-electron chi connectivity index (χ3n) is 2.87. The molecular formula is C14H8Cl4O2. The van der Waals surface area contributed by atoms with Crippen LogP contribution in [0.15, 0.2) is 24.3 Å². The van der Waals surface area contributed by atoms with Gasteiger partial charge in [-0.3, -0.25) is 0 Å². The fourth-order valence-corrected chi connectivity index (χ4v) is 2.97. The minimum atomic E-state index is -1.02. The van der Waals surface area contributed by atoms with Gasteiger partial charge in [0, 0.05) is 5.56 Å². The second kappa shape index (κ2) is 5.82. The highest BCUT2D eigenvalue weighted by Gasteiger charge is 2.17. The van der Waals surface area contributed by atoms with E-state index in [0.29, 0.717) is 21.7 Å². The molecule has 0 unspecified atom stereocenters. The maximum atomic E-state index is 11.2. The van der Waals surface area contributed by atoms with Crippen molar-refractivity contribution in [3.8, 4) is 11.1 Å². The molecule has 0 amide bonds. The molecule has 6 heteroatoms. The highest BCUT2D eigenvalue weighted by Crippen LogP contribution is 2.43. The minimum Gasteiger partial charge on any atom is -0.478 e. The van der Waals surface area contributed by atoms with Gasteiger partial charge in [0.25, 0.3) is 0 Å². The first-order chi connectivity index (χ1) is 9.32. The average Bonchev–Trinajstić information content (AvgIpc) is 2.37. The van der Waals surface area contributed by atoms with E-state index in [4.69, 9.17) is 51.5 Å². The van der Waals surface area contributed by atoms with Gasteiger partial charge in [-0.05, 0) is 30.2 Å². The third kappa shape index (κ3) is 2.75. The Morgan fingerprint density at radius 2 is 1.65 bits per heavy atom. The lowest BCUT2D eigenvalue weighted by Crippen LogP contribution is -2.00. The van der Waals surface area contributed by atoms with Crippen LogP contribution in [0.2, 0.25) is 20.1 Å². The van der Waals surface area contributed by atoms with E-state index in [2.05, 4.69) is 0 Å². The van der Waals surface area contributed by atoms with Gasteiger partial charge in [0.2, 0.25) is 0 Å². The summed E-state index contributed by atoms with van der Waals surface area (Å²) in [6, 6.07) is 6.41. The molecule has 0 aromatic heterocycles. The van der Waals surface area contributed by atoms with Crippen molar-refractivity contribution in [2.24, 2.45) is 0 Å². The number of halogens is 4. The Bertz CT molecular complexity index is 711. The molecule has 0 saturated heterocycles. The maximum Gasteiger partial charge on any atom is 0.335 e. The quantitative estimate of drug-likeness (QED) is 0.535. The minimum absolute atomic E-state index is 0.181. The summed E-state index contributed by atoms with van der Waals surface area (Å²) in [6.45, 7) is 1.71. The Hall–Kier alpha value is -0.930. The second-order valence-corrected chi connectivity index (χ2v) is 5.75. The van der Waals surface area contributed by atoms with Crippen molar-refractivity contribution in [3.63, 3.8) is 0 Å². The monoisotopic (exact) mass is 348 g/mol. The number of hydrogen-bond acceptors (Lipinski definition) is 1. The molecule has 2 aromatic carbocycles. The van der Waals surface area contributed by atoms with E-state index < -0.39 is 5.97 Å². The zero-order valence-electron chi connectivity index (χ0n) is 10.2. The lowest BCUT2D eigenvalue weighted by molar-refractivity contribution is 0.0696. The summed E-state index contributed by atoms with van der Waals surface area (Å²) in [5, 5.41) is 10.1. The number of aromatic carboxylic acids is 1. The summed E-state index contributed by atoms with van der Waals surface area (Å²) in [5.74, 6) is -1.02. The molecule has 2 aromatic rings. The van der Waals surface area contributed by atoms with E-state index in [1.54, 1.807) is 19.1 Å². The van der Waals surface area contributed by atoms with Crippen molar-refractivity contribution in [2.75, 3.05) is 0 Å². The normalized spacial score (nSPS) is 10.7. The number of benzene rings is 2. The molecule has 0 bridgehead atoms. The molecule has 2 rings (SSSR count). The van der Waals surface area contributed by atoms with Crippen LogP contribution in [-0.2, 0) is 0 Å². The van der Waals surface area contributed by atoms with Crippen molar-refractivity contribution in [1.82, 2.24) is 0 Å². The molecular weight excluding hydrogens is 342 g/mol. The van der Waals surface area contributed by atoms with E-state index in [0.717, 1.165) is 0 Å². The SMILES string of the molecule is Cc1ccc(-c2c(Cl)cc(Cl)c(Cl)c2Cl)cc1C(=O)O. The summed E-state index contributed by atoms with van der Waals surface area (Å²) in [7, 11) is 0. The van der Waals surface area contributed by atoms with Gasteiger partial charge in [-0.15, -0.1) is 0 Å². The summed E-state index contributed by atoms with van der Waals surface area (Å²) < 4.78 is 0. The van der Waals surface area contributed by atoms with Gasteiger partial charge in [0.15, 0.2) is 0 Å². The van der Waals surface area contributed by atoms with Crippen LogP contribution in [0.1, 0.15) is 15.9 Å².